The summed E-state index contributed by atoms with van der Waals surface area (Å²) < 4.78 is 7.66. The minimum Gasteiger partial charge on any atom is -0.363 e. The van der Waals surface area contributed by atoms with Crippen LogP contribution in [-0.2, 0) is 22.6 Å². The first-order valence-corrected chi connectivity index (χ1v) is 7.46. The minimum absolute atomic E-state index is 0.0256. The number of hydrogen-bond acceptors (Lipinski definition) is 4. The molecule has 1 saturated heterocycles. The Morgan fingerprint density at radius 3 is 2.86 bits per heavy atom. The summed E-state index contributed by atoms with van der Waals surface area (Å²) in [6, 6.07) is 0. The number of carbonyl (C=O) groups is 1. The number of ether oxygens (including phenoxy) is 1. The standard InChI is InChI=1S/C15H26N4O2/c1-6-19-10-13(12(2)16-19)9-18(5)14(20)15(3)11-17(4)7-8-21-15/h10H,6-9,11H2,1-5H3/t15-/m1/s1. The monoisotopic (exact) mass is 294 g/mol. The predicted molar refractivity (Wildman–Crippen MR) is 81.0 cm³/mol. The highest BCUT2D eigenvalue weighted by Crippen LogP contribution is 2.20. The van der Waals surface area contributed by atoms with E-state index in [1.807, 2.05) is 38.8 Å². The topological polar surface area (TPSA) is 50.6 Å². The maximum Gasteiger partial charge on any atom is 0.255 e. The lowest BCUT2D eigenvalue weighted by Crippen LogP contribution is -2.57. The fourth-order valence-electron chi connectivity index (χ4n) is 2.80. The number of aromatic nitrogens is 2. The van der Waals surface area contributed by atoms with Crippen LogP contribution in [0.5, 0.6) is 0 Å². The molecule has 1 aliphatic heterocycles. The molecule has 6 nitrogen and oxygen atoms in total. The van der Waals surface area contributed by atoms with Gasteiger partial charge in [0, 0.05) is 45.0 Å². The van der Waals surface area contributed by atoms with Gasteiger partial charge in [-0.25, -0.2) is 0 Å². The summed E-state index contributed by atoms with van der Waals surface area (Å²) in [6.07, 6.45) is 2.01. The van der Waals surface area contributed by atoms with Crippen molar-refractivity contribution in [2.75, 3.05) is 33.8 Å². The number of hydrogen-bond donors (Lipinski definition) is 0. The van der Waals surface area contributed by atoms with Gasteiger partial charge in [0.2, 0.25) is 0 Å². The van der Waals surface area contributed by atoms with E-state index < -0.39 is 5.60 Å². The molecule has 1 atom stereocenters. The van der Waals surface area contributed by atoms with Gasteiger partial charge in [-0.15, -0.1) is 0 Å². The lowest BCUT2D eigenvalue weighted by atomic mass is 10.0. The van der Waals surface area contributed by atoms with Crippen molar-refractivity contribution in [1.82, 2.24) is 19.6 Å². The summed E-state index contributed by atoms with van der Waals surface area (Å²) in [5.41, 5.74) is 1.31. The quantitative estimate of drug-likeness (QED) is 0.827. The second-order valence-corrected chi connectivity index (χ2v) is 6.07. The third-order valence-corrected chi connectivity index (χ3v) is 4.04. The van der Waals surface area contributed by atoms with Crippen molar-refractivity contribution >= 4 is 5.91 Å². The molecule has 21 heavy (non-hydrogen) atoms. The third kappa shape index (κ3) is 3.44. The zero-order chi connectivity index (χ0) is 15.6. The lowest BCUT2D eigenvalue weighted by molar-refractivity contribution is -0.165. The van der Waals surface area contributed by atoms with E-state index in [9.17, 15) is 4.79 Å². The smallest absolute Gasteiger partial charge is 0.255 e. The van der Waals surface area contributed by atoms with Crippen LogP contribution in [0.4, 0.5) is 0 Å². The summed E-state index contributed by atoms with van der Waals surface area (Å²) >= 11 is 0. The van der Waals surface area contributed by atoms with Crippen molar-refractivity contribution in [2.45, 2.75) is 39.5 Å². The van der Waals surface area contributed by atoms with Crippen molar-refractivity contribution < 1.29 is 9.53 Å². The molecular weight excluding hydrogens is 268 g/mol. The number of amides is 1. The first-order valence-electron chi connectivity index (χ1n) is 7.46. The molecule has 1 aromatic heterocycles. The van der Waals surface area contributed by atoms with Crippen molar-refractivity contribution in [3.05, 3.63) is 17.5 Å². The Morgan fingerprint density at radius 2 is 2.29 bits per heavy atom. The SMILES string of the molecule is CCn1cc(CN(C)C(=O)[C@@]2(C)CN(C)CCO2)c(C)n1. The zero-order valence-corrected chi connectivity index (χ0v) is 13.7. The molecule has 0 aliphatic carbocycles. The van der Waals surface area contributed by atoms with Gasteiger partial charge in [0.15, 0.2) is 5.60 Å². The third-order valence-electron chi connectivity index (χ3n) is 4.04. The van der Waals surface area contributed by atoms with Crippen LogP contribution >= 0.6 is 0 Å². The zero-order valence-electron chi connectivity index (χ0n) is 13.7. The van der Waals surface area contributed by atoms with Crippen LogP contribution in [0.2, 0.25) is 0 Å². The fourth-order valence-corrected chi connectivity index (χ4v) is 2.80. The average molecular weight is 294 g/mol. The van der Waals surface area contributed by atoms with Gasteiger partial charge in [-0.3, -0.25) is 9.48 Å². The van der Waals surface area contributed by atoms with E-state index in [0.29, 0.717) is 19.7 Å². The Hall–Kier alpha value is -1.40. The van der Waals surface area contributed by atoms with E-state index in [2.05, 4.69) is 16.9 Å². The summed E-state index contributed by atoms with van der Waals surface area (Å²) in [7, 11) is 3.84. The molecule has 0 saturated carbocycles. The molecule has 1 aromatic rings. The molecule has 0 radical (unpaired) electrons. The Kier molecular flexibility index (Phi) is 4.68. The van der Waals surface area contributed by atoms with Crippen molar-refractivity contribution in [3.8, 4) is 0 Å². The summed E-state index contributed by atoms with van der Waals surface area (Å²) in [5.74, 6) is 0.0256. The summed E-state index contributed by atoms with van der Waals surface area (Å²) in [4.78, 5) is 16.6. The minimum atomic E-state index is -0.754. The molecule has 0 unspecified atom stereocenters. The first kappa shape index (κ1) is 16.0. The highest BCUT2D eigenvalue weighted by Gasteiger charge is 2.40. The van der Waals surface area contributed by atoms with Gasteiger partial charge in [-0.1, -0.05) is 0 Å². The number of aryl methyl sites for hydroxylation is 2. The molecule has 2 heterocycles. The molecule has 0 spiro atoms. The molecule has 118 valence electrons. The van der Waals surface area contributed by atoms with E-state index in [1.54, 1.807) is 4.90 Å². The Balaban J connectivity index is 2.06. The van der Waals surface area contributed by atoms with Gasteiger partial charge in [-0.2, -0.15) is 5.10 Å². The van der Waals surface area contributed by atoms with E-state index in [-0.39, 0.29) is 5.91 Å². The lowest BCUT2D eigenvalue weighted by Gasteiger charge is -2.39. The molecule has 0 bridgehead atoms. The van der Waals surface area contributed by atoms with Crippen LogP contribution in [-0.4, -0.2) is 64.9 Å². The number of nitrogens with zero attached hydrogens (tertiary/aromatic N) is 4. The Labute approximate surface area is 126 Å². The van der Waals surface area contributed by atoms with Gasteiger partial charge in [0.1, 0.15) is 0 Å². The second-order valence-electron chi connectivity index (χ2n) is 6.07. The Morgan fingerprint density at radius 1 is 1.57 bits per heavy atom. The van der Waals surface area contributed by atoms with Gasteiger partial charge in [0.25, 0.3) is 5.91 Å². The second kappa shape index (κ2) is 6.15. The number of rotatable bonds is 4. The van der Waals surface area contributed by atoms with Crippen molar-refractivity contribution in [3.63, 3.8) is 0 Å². The normalized spacial score (nSPS) is 23.3. The molecular formula is C15H26N4O2. The summed E-state index contributed by atoms with van der Waals surface area (Å²) in [5, 5.41) is 4.42. The predicted octanol–water partition coefficient (Wildman–Crippen LogP) is 0.891. The fraction of sp³-hybridized carbons (Fsp3) is 0.733. The summed E-state index contributed by atoms with van der Waals surface area (Å²) in [6.45, 7) is 9.41. The first-order chi connectivity index (χ1) is 9.85. The maximum absolute atomic E-state index is 12.7. The average Bonchev–Trinajstić information content (AvgIpc) is 2.78. The largest absolute Gasteiger partial charge is 0.363 e. The van der Waals surface area contributed by atoms with E-state index >= 15 is 0 Å². The molecule has 6 heteroatoms. The number of carbonyl (C=O) groups excluding carboxylic acids is 1. The van der Waals surface area contributed by atoms with Crippen molar-refractivity contribution in [1.29, 1.82) is 0 Å². The van der Waals surface area contributed by atoms with Crippen LogP contribution in [0.25, 0.3) is 0 Å². The van der Waals surface area contributed by atoms with Crippen LogP contribution in [0.3, 0.4) is 0 Å². The van der Waals surface area contributed by atoms with Gasteiger partial charge in [-0.05, 0) is 27.8 Å². The molecule has 0 N–H and O–H groups in total. The van der Waals surface area contributed by atoms with Crippen LogP contribution in [0.1, 0.15) is 25.1 Å². The maximum atomic E-state index is 12.7. The van der Waals surface area contributed by atoms with Crippen LogP contribution < -0.4 is 0 Å². The van der Waals surface area contributed by atoms with E-state index in [4.69, 9.17) is 4.74 Å². The highest BCUT2D eigenvalue weighted by atomic mass is 16.5. The van der Waals surface area contributed by atoms with Gasteiger partial charge in [0.05, 0.1) is 12.3 Å². The molecule has 1 amide bonds. The van der Waals surface area contributed by atoms with Crippen molar-refractivity contribution in [2.24, 2.45) is 0 Å². The number of morpholine rings is 1. The number of likely N-dealkylation sites (N-methyl/N-ethyl adjacent to an activating group) is 2. The van der Waals surface area contributed by atoms with E-state index in [1.165, 1.54) is 0 Å². The van der Waals surface area contributed by atoms with Gasteiger partial charge >= 0.3 is 0 Å². The molecule has 1 fully saturated rings. The Bertz CT molecular complexity index is 514. The van der Waals surface area contributed by atoms with Crippen LogP contribution in [0.15, 0.2) is 6.20 Å². The highest BCUT2D eigenvalue weighted by molar-refractivity contribution is 5.85. The molecule has 0 aromatic carbocycles. The molecule has 2 rings (SSSR count). The molecule has 1 aliphatic rings. The van der Waals surface area contributed by atoms with Crippen LogP contribution in [0, 0.1) is 6.92 Å². The van der Waals surface area contributed by atoms with Gasteiger partial charge < -0.3 is 14.5 Å². The van der Waals surface area contributed by atoms with E-state index in [0.717, 1.165) is 24.3 Å².